The van der Waals surface area contributed by atoms with Crippen molar-refractivity contribution in [2.24, 2.45) is 5.92 Å². The predicted octanol–water partition coefficient (Wildman–Crippen LogP) is 20.2. The Morgan fingerprint density at radius 1 is 0.685 bits per heavy atom. The fourth-order valence-electron chi connectivity index (χ4n) is 20.8. The number of methoxy groups -OCH3 is 2. The zero-order chi connectivity index (χ0) is 90.2. The van der Waals surface area contributed by atoms with E-state index in [-0.39, 0.29) is 35.5 Å². The Morgan fingerprint density at radius 2 is 1.27 bits per heavy atom. The smallest absolute Gasteiger partial charge is 0.252 e. The Kier molecular flexibility index (Phi) is 27.4. The summed E-state index contributed by atoms with van der Waals surface area (Å²) in [5.41, 5.74) is 24.1. The molecular weight excluding hydrogens is 1610 g/mol. The SMILES string of the molecule is C#Cc1cnc2cc(OCCCN3CCC(C)CC3)c(OC)cc2c1Cc1cc(OC)c(C)cc1C.CCN(CC)CCCC(=O)C1=C(C)CC(C=C2C(=O)Cc3ccc(C)cc32)=C1C.CCN(CC)CCCC(=O)C1=C(C)CC(C=C2C(=O)Cc3ccc(Cl)cc32)=C1C.C[C@@]12O[C@@H](C[C@@]1(O)CO)n1c3ccccc3c3c4c(c5c6ccccc6n2c5c31)CNC4=O. The number of carbonyl (C=O) groups excluding carboxylic acids is 5. The molecule has 7 aromatic carbocycles. The normalized spacial score (nSPS) is 19.5. The predicted molar refractivity (Wildman–Crippen MR) is 511 cm³/mol. The highest BCUT2D eigenvalue weighted by Crippen LogP contribution is 2.58. The number of likely N-dealkylation sites (tertiary alicyclic amines) is 1. The van der Waals surface area contributed by atoms with E-state index < -0.39 is 24.2 Å². The number of ketones is 4. The number of aromatic nitrogens is 3. The number of hydrogen-bond acceptors (Lipinski definition) is 15. The fourth-order valence-corrected chi connectivity index (χ4v) is 21.0. The van der Waals surface area contributed by atoms with E-state index in [0.717, 1.165) is 256 Å². The lowest BCUT2D eigenvalue weighted by atomic mass is 9.89. The Bertz CT molecular complexity index is 6190. The second-order valence-corrected chi connectivity index (χ2v) is 36.4. The number of nitrogens with one attached hydrogen (secondary N) is 1. The lowest BCUT2D eigenvalue weighted by molar-refractivity contribution is -0.189. The van der Waals surface area contributed by atoms with Crippen LogP contribution in [-0.4, -0.2) is 160 Å². The van der Waals surface area contributed by atoms with Crippen molar-refractivity contribution in [1.29, 1.82) is 0 Å². The summed E-state index contributed by atoms with van der Waals surface area (Å²) in [5, 5.41) is 30.7. The molecular formula is C108H122ClN7O11. The van der Waals surface area contributed by atoms with Crippen LogP contribution in [0.2, 0.25) is 5.02 Å². The van der Waals surface area contributed by atoms with Crippen LogP contribution in [0.4, 0.5) is 0 Å². The maximum absolute atomic E-state index is 13.2. The van der Waals surface area contributed by atoms with Gasteiger partial charge in [-0.1, -0.05) is 136 Å². The number of Topliss-reactive ketones (excluding diaryl/α,β-unsaturated/α-hetero) is 4. The van der Waals surface area contributed by atoms with Crippen molar-refractivity contribution in [2.45, 2.75) is 198 Å². The molecule has 0 radical (unpaired) electrons. The number of aryl methyl sites for hydroxylation is 3. The minimum absolute atomic E-state index is 0.0555. The van der Waals surface area contributed by atoms with Crippen LogP contribution in [0, 0.1) is 39.0 Å². The van der Waals surface area contributed by atoms with Gasteiger partial charge in [0.15, 0.2) is 40.4 Å². The van der Waals surface area contributed by atoms with Gasteiger partial charge in [-0.3, -0.25) is 29.0 Å². The molecule has 1 amide bonds. The van der Waals surface area contributed by atoms with Crippen LogP contribution < -0.4 is 19.5 Å². The number of nitrogens with zero attached hydrogens (tertiary/aromatic N) is 6. The van der Waals surface area contributed by atoms with E-state index in [9.17, 15) is 34.2 Å². The van der Waals surface area contributed by atoms with Crippen molar-refractivity contribution in [3.8, 4) is 29.6 Å². The number of terminal acetylenes is 1. The molecule has 18 nitrogen and oxygen atoms in total. The largest absolute Gasteiger partial charge is 0.496 e. The zero-order valence-electron chi connectivity index (χ0n) is 76.7. The fraction of sp³-hybridized carbons (Fsp3) is 0.407. The standard InChI is InChI=1S/C31H38N2O3.C26H21N3O4.C26H33NO2.C25H30ClNO2/c1-7-24-20-32-28-19-31(36-14-8-11-33-12-9-21(2)10-13-33)30(35-6)18-27(28)26(24)16-25-17-29(34-5)23(4)15-22(25)3;1-25-26(32,12-30)10-18(33-25)28-16-8-4-2-6-13(16)20-21-15(11-27-24(21)31)19-14-7-3-5-9-17(14)29(25)23(19)22(20)28;1-6-27(7-2)12-8-9-24(28)26-18(4)14-21(19(26)5)15-23-22-13-17(3)10-11-20(22)16-25(23)29;1-5-27(6-2)11-7-8-23(28)25-16(3)12-19(17(25)4)13-22-21-15-20(26)10-9-18(21)14-24(22)29/h1,15,17-21H,8-14,16H2,2-6H3;2-9,18,30,32H,10-12H2,1H3,(H,27,31);10-11,13,15H,6-9,12,14,16H2,1-5H3;9-10,13,15H,5-8,11-12,14H2,1-4H3/t;18-,25+,26+;;/m.0../s1. The van der Waals surface area contributed by atoms with Gasteiger partial charge in [0, 0.05) is 117 Å². The summed E-state index contributed by atoms with van der Waals surface area (Å²) >= 11 is 6.15. The van der Waals surface area contributed by atoms with Crippen LogP contribution in [0.5, 0.6) is 17.2 Å². The molecule has 19 heteroatoms. The number of fused-ring (bicyclic) bond motifs is 16. The van der Waals surface area contributed by atoms with Gasteiger partial charge in [0.05, 0.1) is 60.6 Å². The molecule has 0 unspecified atom stereocenters. The molecule has 10 aromatic rings. The van der Waals surface area contributed by atoms with E-state index >= 15 is 0 Å². The van der Waals surface area contributed by atoms with Crippen molar-refractivity contribution in [3.05, 3.63) is 244 Å². The summed E-state index contributed by atoms with van der Waals surface area (Å²) in [7, 11) is 3.38. The van der Waals surface area contributed by atoms with E-state index in [0.29, 0.717) is 56.0 Å². The van der Waals surface area contributed by atoms with Gasteiger partial charge in [-0.25, -0.2) is 0 Å². The van der Waals surface area contributed by atoms with Gasteiger partial charge in [-0.05, 0) is 286 Å². The molecule has 4 aliphatic heterocycles. The average Bonchev–Trinajstić information content (AvgIpc) is 1.49. The maximum atomic E-state index is 13.2. The number of rotatable bonds is 26. The topological polar surface area (TPSA) is 207 Å². The molecule has 3 N–H and O–H groups in total. The first-order valence-corrected chi connectivity index (χ1v) is 45.9. The number of hydrogen-bond donors (Lipinski definition) is 3. The third-order valence-electron chi connectivity index (χ3n) is 28.1. The third kappa shape index (κ3) is 17.5. The molecule has 2 bridgehead atoms. The molecule has 7 heterocycles. The summed E-state index contributed by atoms with van der Waals surface area (Å²) in [6, 6.07) is 36.2. The van der Waals surface area contributed by atoms with Crippen molar-refractivity contribution in [1.82, 2.24) is 34.1 Å². The molecule has 0 spiro atoms. The van der Waals surface area contributed by atoms with Crippen LogP contribution in [0.15, 0.2) is 172 Å². The second kappa shape index (κ2) is 38.2. The molecule has 3 atom stereocenters. The maximum Gasteiger partial charge on any atom is 0.252 e. The first kappa shape index (κ1) is 90.9. The average molecular weight is 1730 g/mol. The highest BCUT2D eigenvalue weighted by atomic mass is 35.5. The van der Waals surface area contributed by atoms with Crippen molar-refractivity contribution >= 4 is 106 Å². The molecule has 2 saturated heterocycles. The number of benzene rings is 7. The number of piperidine rings is 1. The van der Waals surface area contributed by atoms with Crippen molar-refractivity contribution < 1.29 is 53.1 Å². The van der Waals surface area contributed by atoms with Gasteiger partial charge in [0.2, 0.25) is 0 Å². The van der Waals surface area contributed by atoms with Gasteiger partial charge in [-0.15, -0.1) is 6.42 Å². The number of aliphatic hydroxyl groups excluding tert-OH is 1. The number of allylic oxidation sites excluding steroid dienone is 12. The Balaban J connectivity index is 0.000000131. The van der Waals surface area contributed by atoms with Crippen LogP contribution >= 0.6 is 11.6 Å². The lowest BCUT2D eigenvalue weighted by Crippen LogP contribution is -2.53. The van der Waals surface area contributed by atoms with Crippen LogP contribution in [0.3, 0.4) is 0 Å². The minimum Gasteiger partial charge on any atom is -0.496 e. The number of pyridine rings is 1. The molecule has 8 aliphatic rings. The Morgan fingerprint density at radius 3 is 1.86 bits per heavy atom. The van der Waals surface area contributed by atoms with Gasteiger partial charge in [0.1, 0.15) is 17.6 Å². The van der Waals surface area contributed by atoms with E-state index in [1.54, 1.807) is 20.4 Å². The Labute approximate surface area is 752 Å². The quantitative estimate of drug-likeness (QED) is 0.0262. The molecule has 662 valence electrons. The summed E-state index contributed by atoms with van der Waals surface area (Å²) in [4.78, 5) is 76.1. The number of halogens is 1. The zero-order valence-corrected chi connectivity index (χ0v) is 77.4. The van der Waals surface area contributed by atoms with E-state index in [1.807, 2.05) is 113 Å². The van der Waals surface area contributed by atoms with Gasteiger partial charge < -0.3 is 58.3 Å². The molecule has 4 aliphatic carbocycles. The minimum atomic E-state index is -1.48. The van der Waals surface area contributed by atoms with E-state index in [2.05, 4.69) is 139 Å². The highest BCUT2D eigenvalue weighted by Gasteiger charge is 2.61. The molecule has 0 saturated carbocycles. The van der Waals surface area contributed by atoms with Gasteiger partial charge in [-0.2, -0.15) is 0 Å². The number of amides is 1. The van der Waals surface area contributed by atoms with Crippen molar-refractivity contribution in [3.63, 3.8) is 0 Å². The Hall–Kier alpha value is -10.9. The van der Waals surface area contributed by atoms with Crippen molar-refractivity contribution in [2.75, 3.05) is 86.3 Å². The monoisotopic (exact) mass is 1730 g/mol. The van der Waals surface area contributed by atoms with Crippen LogP contribution in [0.1, 0.15) is 211 Å². The molecule has 3 aromatic heterocycles. The van der Waals surface area contributed by atoms with Crippen LogP contribution in [-0.2, 0) is 55.4 Å². The second-order valence-electron chi connectivity index (χ2n) is 36.0. The lowest BCUT2D eigenvalue weighted by Gasteiger charge is -2.38. The summed E-state index contributed by atoms with van der Waals surface area (Å²) in [5.74, 6) is 6.69. The van der Waals surface area contributed by atoms with Gasteiger partial charge in [0.25, 0.3) is 5.91 Å². The number of carbonyl (C=O) groups is 5. The van der Waals surface area contributed by atoms with Crippen LogP contribution in [0.25, 0.3) is 65.7 Å². The van der Waals surface area contributed by atoms with E-state index in [4.69, 9.17) is 37.0 Å². The first-order chi connectivity index (χ1) is 61.1. The van der Waals surface area contributed by atoms with E-state index in [1.165, 1.54) is 42.6 Å². The molecule has 18 rings (SSSR count). The van der Waals surface area contributed by atoms with Gasteiger partial charge >= 0.3 is 0 Å². The summed E-state index contributed by atoms with van der Waals surface area (Å²) in [6.07, 6.45) is 21.0. The third-order valence-corrected chi connectivity index (χ3v) is 28.3. The number of para-hydroxylation sites is 2. The number of ether oxygens (including phenoxy) is 4. The molecule has 2 fully saturated rings. The first-order valence-electron chi connectivity index (χ1n) is 45.6. The summed E-state index contributed by atoms with van der Waals surface area (Å²) in [6.45, 7) is 37.3. The molecule has 127 heavy (non-hydrogen) atoms. The number of aliphatic hydroxyl groups is 2. The summed E-state index contributed by atoms with van der Waals surface area (Å²) < 4.78 is 28.4. The highest BCUT2D eigenvalue weighted by molar-refractivity contribution is 6.33.